The molecule has 8 aromatic carbocycles. The average Bonchev–Trinajstić information content (AvgIpc) is 3.55. The van der Waals surface area contributed by atoms with Gasteiger partial charge in [0.15, 0.2) is 0 Å². The second-order valence-electron chi connectivity index (χ2n) is 14.3. The van der Waals surface area contributed by atoms with Gasteiger partial charge in [-0.2, -0.15) is 0 Å². The van der Waals surface area contributed by atoms with Crippen LogP contribution < -0.4 is 5.73 Å². The van der Waals surface area contributed by atoms with Crippen LogP contribution in [-0.2, 0) is 6.42 Å². The molecule has 264 valence electrons. The lowest BCUT2D eigenvalue weighted by Crippen LogP contribution is -2.13. The standard InChI is InChI=1S/C52H41N3/c1-35-17-31-50-47(33-35)48-34-36(2)18-32-51(48)55(50)42-26-24-40(25-27-42)43-28-29-46(45-16-10-9-15-44(43)45)49(54-52(53)41-13-7-4-8-14-41)30-21-37-19-22-39(23-20-37)38-11-5-3-6-12-38/h3-20,22-34H,21H2,1-2H3,(H2,53,54)/b49-30-. The highest BCUT2D eigenvalue weighted by molar-refractivity contribution is 6.10. The number of benzene rings is 8. The minimum Gasteiger partial charge on any atom is -0.383 e. The number of hydrogen-bond donors (Lipinski definition) is 1. The Bertz CT molecular complexity index is 2820. The number of hydrogen-bond acceptors (Lipinski definition) is 1. The van der Waals surface area contributed by atoms with Gasteiger partial charge in [0.1, 0.15) is 5.84 Å². The summed E-state index contributed by atoms with van der Waals surface area (Å²) >= 11 is 0. The van der Waals surface area contributed by atoms with E-state index in [-0.39, 0.29) is 0 Å². The summed E-state index contributed by atoms with van der Waals surface area (Å²) in [6, 6.07) is 64.8. The third kappa shape index (κ3) is 6.62. The summed E-state index contributed by atoms with van der Waals surface area (Å²) in [6.07, 6.45) is 2.92. The Balaban J connectivity index is 1.11. The highest BCUT2D eigenvalue weighted by Gasteiger charge is 2.15. The largest absolute Gasteiger partial charge is 0.383 e. The Morgan fingerprint density at radius 2 is 1.09 bits per heavy atom. The first-order chi connectivity index (χ1) is 27.0. The Kier molecular flexibility index (Phi) is 8.89. The van der Waals surface area contributed by atoms with E-state index in [9.17, 15) is 0 Å². The smallest absolute Gasteiger partial charge is 0.131 e. The van der Waals surface area contributed by atoms with Crippen LogP contribution in [0.1, 0.15) is 27.8 Å². The van der Waals surface area contributed by atoms with Gasteiger partial charge in [-0.1, -0.05) is 163 Å². The fourth-order valence-electron chi connectivity index (χ4n) is 7.79. The summed E-state index contributed by atoms with van der Waals surface area (Å²) < 4.78 is 2.38. The molecule has 55 heavy (non-hydrogen) atoms. The van der Waals surface area contributed by atoms with Crippen molar-refractivity contribution in [3.05, 3.63) is 216 Å². The van der Waals surface area contributed by atoms with Gasteiger partial charge in [-0.3, -0.25) is 0 Å². The molecule has 1 aromatic heterocycles. The van der Waals surface area contributed by atoms with Crippen molar-refractivity contribution in [3.63, 3.8) is 0 Å². The zero-order valence-electron chi connectivity index (χ0n) is 31.1. The highest BCUT2D eigenvalue weighted by atomic mass is 15.0. The fourth-order valence-corrected chi connectivity index (χ4v) is 7.79. The zero-order chi connectivity index (χ0) is 37.3. The maximum atomic E-state index is 6.70. The van der Waals surface area contributed by atoms with Gasteiger partial charge in [-0.25, -0.2) is 4.99 Å². The van der Waals surface area contributed by atoms with Gasteiger partial charge in [0.25, 0.3) is 0 Å². The number of fused-ring (bicyclic) bond motifs is 4. The third-order valence-electron chi connectivity index (χ3n) is 10.6. The van der Waals surface area contributed by atoms with Crippen LogP contribution in [0.2, 0.25) is 0 Å². The van der Waals surface area contributed by atoms with Crippen molar-refractivity contribution in [2.24, 2.45) is 10.7 Å². The van der Waals surface area contributed by atoms with E-state index in [1.54, 1.807) is 0 Å². The van der Waals surface area contributed by atoms with E-state index in [0.717, 1.165) is 39.9 Å². The summed E-state index contributed by atoms with van der Waals surface area (Å²) in [4.78, 5) is 5.10. The van der Waals surface area contributed by atoms with Crippen LogP contribution in [0.15, 0.2) is 193 Å². The molecule has 0 saturated carbocycles. The van der Waals surface area contributed by atoms with Gasteiger partial charge in [0.2, 0.25) is 0 Å². The molecule has 0 unspecified atom stereocenters. The van der Waals surface area contributed by atoms with E-state index in [0.29, 0.717) is 5.84 Å². The molecule has 3 nitrogen and oxygen atoms in total. The van der Waals surface area contributed by atoms with Crippen molar-refractivity contribution in [2.45, 2.75) is 20.3 Å². The van der Waals surface area contributed by atoms with Crippen LogP contribution in [-0.4, -0.2) is 10.4 Å². The van der Waals surface area contributed by atoms with Gasteiger partial charge in [0.05, 0.1) is 16.7 Å². The molecule has 0 saturated heterocycles. The van der Waals surface area contributed by atoms with Gasteiger partial charge >= 0.3 is 0 Å². The fraction of sp³-hybridized carbons (Fsp3) is 0.0577. The lowest BCUT2D eigenvalue weighted by Gasteiger charge is -2.14. The topological polar surface area (TPSA) is 43.3 Å². The van der Waals surface area contributed by atoms with Crippen LogP contribution in [0.25, 0.3) is 66.2 Å². The molecule has 0 atom stereocenters. The van der Waals surface area contributed by atoms with Gasteiger partial charge in [-0.15, -0.1) is 0 Å². The number of rotatable bonds is 8. The lowest BCUT2D eigenvalue weighted by molar-refractivity contribution is 1.18. The molecule has 2 N–H and O–H groups in total. The number of nitrogens with zero attached hydrogens (tertiary/aromatic N) is 2. The number of allylic oxidation sites excluding steroid dienone is 1. The second-order valence-corrected chi connectivity index (χ2v) is 14.3. The maximum Gasteiger partial charge on any atom is 0.131 e. The van der Waals surface area contributed by atoms with Crippen LogP contribution in [0.4, 0.5) is 0 Å². The quantitative estimate of drug-likeness (QED) is 0.124. The van der Waals surface area contributed by atoms with E-state index >= 15 is 0 Å². The Hall–Kier alpha value is -6.97. The van der Waals surface area contributed by atoms with Crippen LogP contribution >= 0.6 is 0 Å². The molecule has 9 aromatic rings. The molecule has 0 aliphatic heterocycles. The molecule has 0 fully saturated rings. The molecule has 0 radical (unpaired) electrons. The molecule has 3 heteroatoms. The molecular formula is C52H41N3. The van der Waals surface area contributed by atoms with E-state index in [4.69, 9.17) is 10.7 Å². The number of aromatic nitrogens is 1. The number of aliphatic imine (C=N–C) groups is 1. The second kappa shape index (κ2) is 14.5. The van der Waals surface area contributed by atoms with Crippen molar-refractivity contribution in [1.29, 1.82) is 0 Å². The van der Waals surface area contributed by atoms with Gasteiger partial charge in [0, 0.05) is 27.6 Å². The molecule has 9 rings (SSSR count). The monoisotopic (exact) mass is 707 g/mol. The van der Waals surface area contributed by atoms with Gasteiger partial charge in [-0.05, 0) is 95.3 Å². The van der Waals surface area contributed by atoms with Crippen LogP contribution in [0, 0.1) is 13.8 Å². The summed E-state index contributed by atoms with van der Waals surface area (Å²) in [6.45, 7) is 4.33. The van der Waals surface area contributed by atoms with Gasteiger partial charge < -0.3 is 10.3 Å². The third-order valence-corrected chi connectivity index (χ3v) is 10.6. The molecule has 0 bridgehead atoms. The highest BCUT2D eigenvalue weighted by Crippen LogP contribution is 2.37. The number of nitrogens with two attached hydrogens (primary N) is 1. The van der Waals surface area contributed by atoms with E-state index in [1.807, 2.05) is 36.4 Å². The number of amidine groups is 1. The average molecular weight is 708 g/mol. The minimum absolute atomic E-state index is 0.491. The summed E-state index contributed by atoms with van der Waals surface area (Å²) in [5.74, 6) is 0.491. The summed E-state index contributed by atoms with van der Waals surface area (Å²) in [5.41, 5.74) is 21.6. The predicted octanol–water partition coefficient (Wildman–Crippen LogP) is 12.9. The zero-order valence-corrected chi connectivity index (χ0v) is 31.1. The van der Waals surface area contributed by atoms with Crippen molar-refractivity contribution in [3.8, 4) is 27.9 Å². The van der Waals surface area contributed by atoms with Crippen molar-refractivity contribution >= 4 is 44.1 Å². The Morgan fingerprint density at radius 3 is 1.75 bits per heavy atom. The first-order valence-corrected chi connectivity index (χ1v) is 18.9. The lowest BCUT2D eigenvalue weighted by atomic mass is 9.93. The molecule has 0 amide bonds. The van der Waals surface area contributed by atoms with Crippen molar-refractivity contribution < 1.29 is 0 Å². The normalized spacial score (nSPS) is 12.2. The van der Waals surface area contributed by atoms with Crippen molar-refractivity contribution in [2.75, 3.05) is 0 Å². The van der Waals surface area contributed by atoms with Crippen LogP contribution in [0.3, 0.4) is 0 Å². The molecule has 0 aliphatic rings. The maximum absolute atomic E-state index is 6.70. The number of aryl methyl sites for hydroxylation is 2. The van der Waals surface area contributed by atoms with Crippen molar-refractivity contribution in [1.82, 2.24) is 4.57 Å². The Morgan fingerprint density at radius 1 is 0.527 bits per heavy atom. The van der Waals surface area contributed by atoms with E-state index in [2.05, 4.69) is 170 Å². The summed E-state index contributed by atoms with van der Waals surface area (Å²) in [5, 5.41) is 4.87. The Labute approximate surface area is 322 Å². The minimum atomic E-state index is 0.491. The molecule has 0 aliphatic carbocycles. The summed E-state index contributed by atoms with van der Waals surface area (Å²) in [7, 11) is 0. The van der Waals surface area contributed by atoms with Crippen LogP contribution in [0.5, 0.6) is 0 Å². The molecular weight excluding hydrogens is 667 g/mol. The predicted molar refractivity (Wildman–Crippen MR) is 234 cm³/mol. The van der Waals surface area contributed by atoms with E-state index < -0.39 is 0 Å². The first-order valence-electron chi connectivity index (χ1n) is 18.9. The van der Waals surface area contributed by atoms with E-state index in [1.165, 1.54) is 60.6 Å². The molecule has 0 spiro atoms. The SMILES string of the molecule is Cc1ccc2c(c1)c1cc(C)ccc1n2-c1ccc(-c2ccc(C(=C/Cc3ccc(-c4ccccc4)cc3)/N=C(\N)c3ccccc3)c3ccccc23)cc1. The first kappa shape index (κ1) is 33.8. The molecule has 1 heterocycles.